The lowest BCUT2D eigenvalue weighted by Crippen LogP contribution is -2.07. The average molecular weight is 201 g/mol. The van der Waals surface area contributed by atoms with Gasteiger partial charge in [-0.1, -0.05) is 13.8 Å². The van der Waals surface area contributed by atoms with Crippen molar-refractivity contribution in [3.05, 3.63) is 24.0 Å². The molecule has 1 fully saturated rings. The van der Waals surface area contributed by atoms with Crippen LogP contribution in [0.2, 0.25) is 0 Å². The predicted molar refractivity (Wildman–Crippen MR) is 59.3 cm³/mol. The quantitative estimate of drug-likeness (QED) is 0.817. The van der Waals surface area contributed by atoms with Gasteiger partial charge in [0.2, 0.25) is 0 Å². The highest BCUT2D eigenvalue weighted by molar-refractivity contribution is 5.42. The van der Waals surface area contributed by atoms with Gasteiger partial charge >= 0.3 is 0 Å². The fraction of sp³-hybridized carbons (Fsp3) is 0.500. The van der Waals surface area contributed by atoms with E-state index in [-0.39, 0.29) is 0 Å². The Balaban J connectivity index is 1.87. The van der Waals surface area contributed by atoms with E-state index in [2.05, 4.69) is 24.1 Å². The first kappa shape index (κ1) is 9.97. The second kappa shape index (κ2) is 3.54. The first-order chi connectivity index (χ1) is 7.12. The minimum absolute atomic E-state index is 0.465. The Morgan fingerprint density at radius 3 is 2.80 bits per heavy atom. The lowest BCUT2D eigenvalue weighted by atomic mass is 10.1. The predicted octanol–water partition coefficient (Wildman–Crippen LogP) is 2.41. The topological polar surface area (TPSA) is 48.7 Å². The van der Waals surface area contributed by atoms with Crippen LogP contribution in [-0.4, -0.2) is 11.5 Å². The summed E-state index contributed by atoms with van der Waals surface area (Å²) in [6.07, 6.45) is 3.01. The Labute approximate surface area is 90.1 Å². The number of pyridine rings is 1. The minimum Gasteiger partial charge on any atom is -0.384 e. The average Bonchev–Trinajstić information content (AvgIpc) is 2.84. The van der Waals surface area contributed by atoms with Crippen LogP contribution in [0.15, 0.2) is 18.3 Å². The SMILES string of the molecule is CC1(C)CC1CNc1ccc(C#N)nc1. The van der Waals surface area contributed by atoms with Crippen LogP contribution in [0.25, 0.3) is 0 Å². The number of anilines is 1. The molecule has 3 nitrogen and oxygen atoms in total. The van der Waals surface area contributed by atoms with Crippen LogP contribution in [0, 0.1) is 22.7 Å². The van der Waals surface area contributed by atoms with Crippen molar-refractivity contribution < 1.29 is 0 Å². The summed E-state index contributed by atoms with van der Waals surface area (Å²) in [5, 5.41) is 11.9. The van der Waals surface area contributed by atoms with Crippen molar-refractivity contribution in [3.63, 3.8) is 0 Å². The van der Waals surface area contributed by atoms with E-state index in [0.717, 1.165) is 18.2 Å². The second-order valence-corrected chi connectivity index (χ2v) is 4.81. The maximum absolute atomic E-state index is 8.59. The number of hydrogen-bond acceptors (Lipinski definition) is 3. The molecule has 1 heterocycles. The van der Waals surface area contributed by atoms with Gasteiger partial charge in [0.15, 0.2) is 0 Å². The zero-order valence-electron chi connectivity index (χ0n) is 9.12. The maximum Gasteiger partial charge on any atom is 0.140 e. The molecule has 1 aliphatic carbocycles. The maximum atomic E-state index is 8.59. The van der Waals surface area contributed by atoms with Gasteiger partial charge in [-0.3, -0.25) is 0 Å². The summed E-state index contributed by atoms with van der Waals surface area (Å²) in [4.78, 5) is 4.01. The largest absolute Gasteiger partial charge is 0.384 e. The highest BCUT2D eigenvalue weighted by Crippen LogP contribution is 2.51. The summed E-state index contributed by atoms with van der Waals surface area (Å²) in [6.45, 7) is 5.58. The molecule has 15 heavy (non-hydrogen) atoms. The minimum atomic E-state index is 0.465. The van der Waals surface area contributed by atoms with Crippen LogP contribution >= 0.6 is 0 Å². The van der Waals surface area contributed by atoms with Crippen molar-refractivity contribution in [2.75, 3.05) is 11.9 Å². The Morgan fingerprint density at radius 2 is 2.33 bits per heavy atom. The van der Waals surface area contributed by atoms with Crippen LogP contribution in [0.4, 0.5) is 5.69 Å². The van der Waals surface area contributed by atoms with Gasteiger partial charge in [0.05, 0.1) is 11.9 Å². The Kier molecular flexibility index (Phi) is 2.36. The van der Waals surface area contributed by atoms with Gasteiger partial charge in [0.25, 0.3) is 0 Å². The third kappa shape index (κ3) is 2.27. The number of nitrogens with one attached hydrogen (secondary N) is 1. The van der Waals surface area contributed by atoms with Crippen molar-refractivity contribution in [2.24, 2.45) is 11.3 Å². The van der Waals surface area contributed by atoms with E-state index in [9.17, 15) is 0 Å². The monoisotopic (exact) mass is 201 g/mol. The van der Waals surface area contributed by atoms with E-state index < -0.39 is 0 Å². The van der Waals surface area contributed by atoms with Gasteiger partial charge in [-0.15, -0.1) is 0 Å². The van der Waals surface area contributed by atoms with E-state index in [4.69, 9.17) is 5.26 Å². The number of nitriles is 1. The normalized spacial score (nSPS) is 21.8. The molecule has 1 aromatic rings. The molecule has 3 heteroatoms. The van der Waals surface area contributed by atoms with Crippen LogP contribution < -0.4 is 5.32 Å². The fourth-order valence-electron chi connectivity index (χ4n) is 1.73. The third-order valence-corrected chi connectivity index (χ3v) is 3.15. The number of rotatable bonds is 3. The molecule has 0 spiro atoms. The van der Waals surface area contributed by atoms with E-state index in [1.165, 1.54) is 6.42 Å². The van der Waals surface area contributed by atoms with Gasteiger partial charge in [0.1, 0.15) is 11.8 Å². The first-order valence-electron chi connectivity index (χ1n) is 5.22. The molecule has 0 aliphatic heterocycles. The summed E-state index contributed by atoms with van der Waals surface area (Å²) in [6, 6.07) is 5.65. The summed E-state index contributed by atoms with van der Waals surface area (Å²) in [5.74, 6) is 0.771. The van der Waals surface area contributed by atoms with Gasteiger partial charge in [-0.05, 0) is 29.9 Å². The van der Waals surface area contributed by atoms with Crippen LogP contribution in [-0.2, 0) is 0 Å². The van der Waals surface area contributed by atoms with Gasteiger partial charge in [-0.2, -0.15) is 5.26 Å². The van der Waals surface area contributed by atoms with E-state index in [1.807, 2.05) is 12.1 Å². The molecule has 1 N–H and O–H groups in total. The number of nitrogens with zero attached hydrogens (tertiary/aromatic N) is 2. The summed E-state index contributed by atoms with van der Waals surface area (Å²) >= 11 is 0. The van der Waals surface area contributed by atoms with E-state index in [0.29, 0.717) is 11.1 Å². The highest BCUT2D eigenvalue weighted by atomic mass is 14.9. The van der Waals surface area contributed by atoms with Crippen molar-refractivity contribution in [1.82, 2.24) is 4.98 Å². The second-order valence-electron chi connectivity index (χ2n) is 4.81. The lowest BCUT2D eigenvalue weighted by molar-refractivity contribution is 0.573. The molecule has 0 saturated heterocycles. The first-order valence-corrected chi connectivity index (χ1v) is 5.22. The van der Waals surface area contributed by atoms with Crippen molar-refractivity contribution in [1.29, 1.82) is 5.26 Å². The Bertz CT molecular complexity index is 386. The molecule has 2 rings (SSSR count). The van der Waals surface area contributed by atoms with Gasteiger partial charge < -0.3 is 5.32 Å². The smallest absolute Gasteiger partial charge is 0.140 e. The third-order valence-electron chi connectivity index (χ3n) is 3.15. The molecular formula is C12H15N3. The molecule has 0 aromatic carbocycles. The molecule has 1 aromatic heterocycles. The molecule has 0 bridgehead atoms. The van der Waals surface area contributed by atoms with Gasteiger partial charge in [-0.25, -0.2) is 4.98 Å². The highest BCUT2D eigenvalue weighted by Gasteiger charge is 2.44. The zero-order chi connectivity index (χ0) is 10.9. The molecule has 0 radical (unpaired) electrons. The molecule has 1 saturated carbocycles. The summed E-state index contributed by atoms with van der Waals surface area (Å²) in [5.41, 5.74) is 1.97. The molecule has 78 valence electrons. The zero-order valence-corrected chi connectivity index (χ0v) is 9.12. The van der Waals surface area contributed by atoms with Crippen molar-refractivity contribution >= 4 is 5.69 Å². The standard InChI is InChI=1S/C12H15N3/c1-12(2)5-9(12)7-14-11-4-3-10(6-13)15-8-11/h3-4,8-9,14H,5,7H2,1-2H3. The summed E-state index contributed by atoms with van der Waals surface area (Å²) in [7, 11) is 0. The van der Waals surface area contributed by atoms with Crippen molar-refractivity contribution in [2.45, 2.75) is 20.3 Å². The van der Waals surface area contributed by atoms with E-state index in [1.54, 1.807) is 12.3 Å². The summed E-state index contributed by atoms with van der Waals surface area (Å²) < 4.78 is 0. The lowest BCUT2D eigenvalue weighted by Gasteiger charge is -2.06. The fourth-order valence-corrected chi connectivity index (χ4v) is 1.73. The Hall–Kier alpha value is -1.56. The molecule has 1 unspecified atom stereocenters. The van der Waals surface area contributed by atoms with Crippen LogP contribution in [0.1, 0.15) is 26.0 Å². The van der Waals surface area contributed by atoms with Gasteiger partial charge in [0, 0.05) is 6.54 Å². The van der Waals surface area contributed by atoms with E-state index >= 15 is 0 Å². The Morgan fingerprint density at radius 1 is 1.60 bits per heavy atom. The molecular weight excluding hydrogens is 186 g/mol. The van der Waals surface area contributed by atoms with Crippen LogP contribution in [0.3, 0.4) is 0 Å². The molecule has 0 amide bonds. The van der Waals surface area contributed by atoms with Crippen molar-refractivity contribution in [3.8, 4) is 6.07 Å². The number of aromatic nitrogens is 1. The molecule has 1 aliphatic rings. The van der Waals surface area contributed by atoms with Crippen LogP contribution in [0.5, 0.6) is 0 Å². The molecule has 1 atom stereocenters. The number of hydrogen-bond donors (Lipinski definition) is 1.